The van der Waals surface area contributed by atoms with Crippen molar-refractivity contribution in [1.82, 2.24) is 5.32 Å². The number of hydrogen-bond acceptors (Lipinski definition) is 4. The molecule has 1 N–H and O–H groups in total. The van der Waals surface area contributed by atoms with Gasteiger partial charge < -0.3 is 14.8 Å². The second-order valence-electron chi connectivity index (χ2n) is 5.36. The lowest BCUT2D eigenvalue weighted by molar-refractivity contribution is 0.0940. The maximum absolute atomic E-state index is 12.4. The molecule has 1 aromatic carbocycles. The summed E-state index contributed by atoms with van der Waals surface area (Å²) in [7, 11) is 3.21. The first-order valence-electron chi connectivity index (χ1n) is 7.69. The molecule has 1 heterocycles. The van der Waals surface area contributed by atoms with Gasteiger partial charge in [0.25, 0.3) is 5.91 Å². The summed E-state index contributed by atoms with van der Waals surface area (Å²) < 4.78 is 10.5. The van der Waals surface area contributed by atoms with Crippen LogP contribution in [0.3, 0.4) is 0 Å². The molecule has 1 amide bonds. The Balaban J connectivity index is 2.08. The third-order valence-corrected chi connectivity index (χ3v) is 4.66. The maximum atomic E-state index is 12.4. The number of aryl methyl sites for hydroxylation is 1. The van der Waals surface area contributed by atoms with Gasteiger partial charge in [-0.3, -0.25) is 4.79 Å². The van der Waals surface area contributed by atoms with Gasteiger partial charge >= 0.3 is 0 Å². The first kappa shape index (κ1) is 17.3. The number of benzene rings is 1. The number of hydrogen-bond donors (Lipinski definition) is 1. The van der Waals surface area contributed by atoms with E-state index in [1.54, 1.807) is 25.6 Å². The van der Waals surface area contributed by atoms with Crippen LogP contribution in [0, 0.1) is 0 Å². The zero-order valence-corrected chi connectivity index (χ0v) is 14.8. The number of nitrogens with one attached hydrogen (secondary N) is 1. The van der Waals surface area contributed by atoms with Crippen LogP contribution < -0.4 is 14.8 Å². The van der Waals surface area contributed by atoms with E-state index in [1.807, 2.05) is 36.6 Å². The van der Waals surface area contributed by atoms with Crippen LogP contribution in [-0.2, 0) is 6.42 Å². The summed E-state index contributed by atoms with van der Waals surface area (Å²) in [4.78, 5) is 13.6. The summed E-state index contributed by atoms with van der Waals surface area (Å²) in [6.07, 6.45) is 2.10. The number of carbonyl (C=O) groups excluding carboxylic acids is 1. The van der Waals surface area contributed by atoms with Gasteiger partial charge in [-0.25, -0.2) is 0 Å². The minimum absolute atomic E-state index is 0.0501. The first-order chi connectivity index (χ1) is 11.1. The highest BCUT2D eigenvalue weighted by atomic mass is 32.1. The number of methoxy groups -OCH3 is 2. The molecule has 0 aliphatic carbocycles. The Labute approximate surface area is 141 Å². The molecule has 1 atom stereocenters. The van der Waals surface area contributed by atoms with Gasteiger partial charge in [-0.1, -0.05) is 19.4 Å². The lowest BCUT2D eigenvalue weighted by atomic mass is 10.1. The molecule has 124 valence electrons. The zero-order valence-electron chi connectivity index (χ0n) is 14.0. The topological polar surface area (TPSA) is 47.6 Å². The summed E-state index contributed by atoms with van der Waals surface area (Å²) in [6, 6.07) is 7.53. The van der Waals surface area contributed by atoms with E-state index in [2.05, 4.69) is 12.2 Å². The summed E-state index contributed by atoms with van der Waals surface area (Å²) in [5.41, 5.74) is 1.70. The van der Waals surface area contributed by atoms with E-state index in [9.17, 15) is 4.79 Å². The lowest BCUT2D eigenvalue weighted by Crippen LogP contribution is -2.26. The predicted octanol–water partition coefficient (Wildman–Crippen LogP) is 4.21. The number of ether oxygens (including phenoxy) is 2. The number of carbonyl (C=O) groups is 1. The Morgan fingerprint density at radius 1 is 1.22 bits per heavy atom. The van der Waals surface area contributed by atoms with Crippen LogP contribution in [0.5, 0.6) is 11.5 Å². The van der Waals surface area contributed by atoms with E-state index in [1.165, 1.54) is 4.88 Å². The average Bonchev–Trinajstić information content (AvgIpc) is 3.03. The van der Waals surface area contributed by atoms with Crippen molar-refractivity contribution in [2.24, 2.45) is 0 Å². The van der Waals surface area contributed by atoms with Crippen molar-refractivity contribution in [2.75, 3.05) is 14.2 Å². The quantitative estimate of drug-likeness (QED) is 0.826. The van der Waals surface area contributed by atoms with Crippen LogP contribution >= 0.6 is 11.3 Å². The molecule has 0 bridgehead atoms. The van der Waals surface area contributed by atoms with Crippen LogP contribution in [0.1, 0.15) is 47.1 Å². The van der Waals surface area contributed by atoms with Crippen LogP contribution in [0.4, 0.5) is 0 Å². The predicted molar refractivity (Wildman–Crippen MR) is 93.7 cm³/mol. The smallest absolute Gasteiger partial charge is 0.252 e. The van der Waals surface area contributed by atoms with E-state index in [0.717, 1.165) is 24.0 Å². The molecule has 0 fully saturated rings. The van der Waals surface area contributed by atoms with E-state index < -0.39 is 0 Å². The molecule has 5 heteroatoms. The fraction of sp³-hybridized carbons (Fsp3) is 0.389. The number of amides is 1. The number of rotatable bonds is 7. The molecule has 1 aromatic heterocycles. The minimum Gasteiger partial charge on any atom is -0.493 e. The Bertz CT molecular complexity index is 666. The highest BCUT2D eigenvalue weighted by Gasteiger charge is 2.15. The summed E-state index contributed by atoms with van der Waals surface area (Å²) in [5, 5.41) is 4.95. The Morgan fingerprint density at radius 2 is 1.96 bits per heavy atom. The average molecular weight is 333 g/mol. The summed E-state index contributed by atoms with van der Waals surface area (Å²) in [6.45, 7) is 4.09. The largest absolute Gasteiger partial charge is 0.493 e. The van der Waals surface area contributed by atoms with E-state index >= 15 is 0 Å². The van der Waals surface area contributed by atoms with Crippen molar-refractivity contribution in [3.63, 3.8) is 0 Å². The molecule has 4 nitrogen and oxygen atoms in total. The fourth-order valence-corrected chi connectivity index (χ4v) is 3.33. The molecule has 0 saturated carbocycles. The van der Waals surface area contributed by atoms with E-state index in [4.69, 9.17) is 9.47 Å². The highest BCUT2D eigenvalue weighted by molar-refractivity contribution is 7.10. The second-order valence-corrected chi connectivity index (χ2v) is 6.36. The molecular formula is C18H23NO3S. The lowest BCUT2D eigenvalue weighted by Gasteiger charge is -2.16. The third kappa shape index (κ3) is 4.26. The molecule has 0 aliphatic rings. The SMILES string of the molecule is CCCc1cc(C(=O)N[C@H](C)c2ccc(OC)c(OC)c2)cs1. The fourth-order valence-electron chi connectivity index (χ4n) is 2.36. The van der Waals surface area contributed by atoms with Gasteiger partial charge in [-0.15, -0.1) is 11.3 Å². The van der Waals surface area contributed by atoms with Crippen molar-refractivity contribution in [1.29, 1.82) is 0 Å². The molecule has 2 rings (SSSR count). The molecule has 2 aromatic rings. The molecular weight excluding hydrogens is 310 g/mol. The Morgan fingerprint density at radius 3 is 2.61 bits per heavy atom. The van der Waals surface area contributed by atoms with Crippen molar-refractivity contribution in [3.05, 3.63) is 45.6 Å². The van der Waals surface area contributed by atoms with Gasteiger partial charge in [0.05, 0.1) is 25.8 Å². The van der Waals surface area contributed by atoms with Crippen molar-refractivity contribution < 1.29 is 14.3 Å². The Kier molecular flexibility index (Phi) is 6.04. The van der Waals surface area contributed by atoms with Gasteiger partial charge in [0, 0.05) is 10.3 Å². The molecule has 0 radical (unpaired) electrons. The van der Waals surface area contributed by atoms with E-state index in [-0.39, 0.29) is 11.9 Å². The molecule has 0 saturated heterocycles. The van der Waals surface area contributed by atoms with Gasteiger partial charge in [0.1, 0.15) is 0 Å². The molecule has 23 heavy (non-hydrogen) atoms. The highest BCUT2D eigenvalue weighted by Crippen LogP contribution is 2.30. The van der Waals surface area contributed by atoms with Gasteiger partial charge in [-0.05, 0) is 37.1 Å². The van der Waals surface area contributed by atoms with Crippen LogP contribution in [0.15, 0.2) is 29.6 Å². The van der Waals surface area contributed by atoms with Gasteiger partial charge in [0.15, 0.2) is 11.5 Å². The maximum Gasteiger partial charge on any atom is 0.252 e. The van der Waals surface area contributed by atoms with Crippen LogP contribution in [0.2, 0.25) is 0 Å². The van der Waals surface area contributed by atoms with Crippen LogP contribution in [0.25, 0.3) is 0 Å². The monoisotopic (exact) mass is 333 g/mol. The normalized spacial score (nSPS) is 11.8. The van der Waals surface area contributed by atoms with Crippen LogP contribution in [-0.4, -0.2) is 20.1 Å². The zero-order chi connectivity index (χ0) is 16.8. The Hall–Kier alpha value is -2.01. The van der Waals surface area contributed by atoms with Crippen molar-refractivity contribution in [2.45, 2.75) is 32.7 Å². The standard InChI is InChI=1S/C18H23NO3S/c1-5-6-15-9-14(11-23-15)18(20)19-12(2)13-7-8-16(21-3)17(10-13)22-4/h7-12H,5-6H2,1-4H3,(H,19,20)/t12-/m1/s1. The summed E-state index contributed by atoms with van der Waals surface area (Å²) >= 11 is 1.64. The molecule has 0 spiro atoms. The molecule has 0 aliphatic heterocycles. The number of thiophene rings is 1. The third-order valence-electron chi connectivity index (χ3n) is 3.67. The van der Waals surface area contributed by atoms with Crippen molar-refractivity contribution in [3.8, 4) is 11.5 Å². The minimum atomic E-state index is -0.114. The van der Waals surface area contributed by atoms with Gasteiger partial charge in [-0.2, -0.15) is 0 Å². The first-order valence-corrected chi connectivity index (χ1v) is 8.57. The van der Waals surface area contributed by atoms with E-state index in [0.29, 0.717) is 11.5 Å². The second kappa shape index (κ2) is 8.02. The van der Waals surface area contributed by atoms with Gasteiger partial charge in [0.2, 0.25) is 0 Å². The van der Waals surface area contributed by atoms with Crippen molar-refractivity contribution >= 4 is 17.2 Å². The molecule has 0 unspecified atom stereocenters. The summed E-state index contributed by atoms with van der Waals surface area (Å²) in [5.74, 6) is 1.29.